The van der Waals surface area contributed by atoms with Gasteiger partial charge in [0.05, 0.1) is 13.7 Å². The summed E-state index contributed by atoms with van der Waals surface area (Å²) in [5.41, 5.74) is 0.868. The van der Waals surface area contributed by atoms with E-state index in [2.05, 4.69) is 10.2 Å². The van der Waals surface area contributed by atoms with Gasteiger partial charge in [-0.2, -0.15) is 0 Å². The lowest BCUT2D eigenvalue weighted by Gasteiger charge is -2.06. The van der Waals surface area contributed by atoms with Gasteiger partial charge in [-0.1, -0.05) is 11.8 Å². The Bertz CT molecular complexity index is 837. The fraction of sp³-hybridized carbons (Fsp3) is 0.222. The van der Waals surface area contributed by atoms with Crippen molar-refractivity contribution >= 4 is 11.8 Å². The molecule has 0 unspecified atom stereocenters. The fourth-order valence-electron chi connectivity index (χ4n) is 2.26. The van der Waals surface area contributed by atoms with Gasteiger partial charge in [0.1, 0.15) is 17.3 Å². The maximum Gasteiger partial charge on any atom is 0.210 e. The molecule has 1 aromatic heterocycles. The van der Waals surface area contributed by atoms with E-state index < -0.39 is 0 Å². The van der Waals surface area contributed by atoms with E-state index in [-0.39, 0.29) is 5.82 Å². The number of methoxy groups -OCH3 is 1. The number of nitrogens with two attached hydrogens (primary N) is 1. The van der Waals surface area contributed by atoms with E-state index in [0.717, 1.165) is 23.5 Å². The lowest BCUT2D eigenvalue weighted by Crippen LogP contribution is -2.11. The molecule has 0 saturated heterocycles. The van der Waals surface area contributed by atoms with Gasteiger partial charge >= 0.3 is 0 Å². The van der Waals surface area contributed by atoms with Crippen LogP contribution in [0.25, 0.3) is 11.4 Å². The predicted molar refractivity (Wildman–Crippen MR) is 99.4 cm³/mol. The van der Waals surface area contributed by atoms with E-state index in [0.29, 0.717) is 23.3 Å². The van der Waals surface area contributed by atoms with Gasteiger partial charge in [0, 0.05) is 11.3 Å². The van der Waals surface area contributed by atoms with Crippen LogP contribution >= 0.6 is 11.8 Å². The second-order valence-corrected chi connectivity index (χ2v) is 6.47. The summed E-state index contributed by atoms with van der Waals surface area (Å²) in [6.07, 6.45) is 0.798. The van der Waals surface area contributed by atoms with E-state index in [4.69, 9.17) is 15.3 Å². The Labute approximate surface area is 155 Å². The zero-order chi connectivity index (χ0) is 18.4. The first-order valence-electron chi connectivity index (χ1n) is 8.03. The van der Waals surface area contributed by atoms with E-state index in [1.165, 1.54) is 28.6 Å². The molecule has 2 aromatic carbocycles. The minimum Gasteiger partial charge on any atom is -0.497 e. The van der Waals surface area contributed by atoms with Crippen molar-refractivity contribution in [2.24, 2.45) is 0 Å². The molecule has 136 valence electrons. The number of thioether (sulfide) groups is 1. The number of hydrogen-bond donors (Lipinski definition) is 1. The normalized spacial score (nSPS) is 10.7. The fourth-order valence-corrected chi connectivity index (χ4v) is 3.02. The van der Waals surface area contributed by atoms with Crippen molar-refractivity contribution in [3.8, 4) is 22.9 Å². The number of halogens is 1. The van der Waals surface area contributed by atoms with Gasteiger partial charge in [-0.3, -0.25) is 0 Å². The third kappa shape index (κ3) is 4.45. The monoisotopic (exact) mass is 374 g/mol. The summed E-state index contributed by atoms with van der Waals surface area (Å²) >= 11 is 1.51. The van der Waals surface area contributed by atoms with Gasteiger partial charge in [-0.05, 0) is 55.0 Å². The minimum atomic E-state index is -0.275. The van der Waals surface area contributed by atoms with Crippen molar-refractivity contribution in [2.45, 2.75) is 11.6 Å². The molecule has 0 saturated carbocycles. The highest BCUT2D eigenvalue weighted by molar-refractivity contribution is 7.99. The molecule has 0 fully saturated rings. The third-order valence-corrected chi connectivity index (χ3v) is 4.64. The lowest BCUT2D eigenvalue weighted by atomic mass is 10.2. The molecular formula is C18H19FN4O2S. The smallest absolute Gasteiger partial charge is 0.210 e. The highest BCUT2D eigenvalue weighted by Gasteiger charge is 2.12. The van der Waals surface area contributed by atoms with Gasteiger partial charge in [-0.25, -0.2) is 9.07 Å². The number of aromatic nitrogens is 3. The number of benzene rings is 2. The maximum atomic E-state index is 12.8. The number of rotatable bonds is 8. The molecule has 0 aliphatic heterocycles. The quantitative estimate of drug-likeness (QED) is 0.370. The molecule has 3 rings (SSSR count). The molecule has 0 bridgehead atoms. The summed E-state index contributed by atoms with van der Waals surface area (Å²) in [5, 5.41) is 8.93. The molecule has 0 aliphatic rings. The number of hydrogen-bond acceptors (Lipinski definition) is 6. The molecule has 26 heavy (non-hydrogen) atoms. The maximum absolute atomic E-state index is 12.8. The zero-order valence-electron chi connectivity index (χ0n) is 14.3. The van der Waals surface area contributed by atoms with Gasteiger partial charge in [0.2, 0.25) is 5.16 Å². The summed E-state index contributed by atoms with van der Waals surface area (Å²) in [5.74, 6) is 8.62. The van der Waals surface area contributed by atoms with Crippen molar-refractivity contribution in [1.82, 2.24) is 14.9 Å². The molecule has 0 spiro atoms. The van der Waals surface area contributed by atoms with Crippen molar-refractivity contribution in [2.75, 3.05) is 25.3 Å². The predicted octanol–water partition coefficient (Wildman–Crippen LogP) is 3.37. The molecule has 8 heteroatoms. The highest BCUT2D eigenvalue weighted by Crippen LogP contribution is 2.24. The summed E-state index contributed by atoms with van der Waals surface area (Å²) in [4.78, 5) is 0. The van der Waals surface area contributed by atoms with Crippen molar-refractivity contribution < 1.29 is 13.9 Å². The Kier molecular flexibility index (Phi) is 5.96. The molecule has 6 nitrogen and oxygen atoms in total. The average Bonchev–Trinajstić information content (AvgIpc) is 3.03. The second-order valence-electron chi connectivity index (χ2n) is 5.41. The van der Waals surface area contributed by atoms with Crippen LogP contribution in [0, 0.1) is 5.82 Å². The van der Waals surface area contributed by atoms with Crippen LogP contribution in [0.15, 0.2) is 53.7 Å². The summed E-state index contributed by atoms with van der Waals surface area (Å²) in [6, 6.07) is 13.4. The molecule has 1 heterocycles. The average molecular weight is 374 g/mol. The van der Waals surface area contributed by atoms with Crippen molar-refractivity contribution in [3.63, 3.8) is 0 Å². The molecule has 0 radical (unpaired) electrons. The number of nitrogen functional groups attached to an aromatic ring is 1. The SMILES string of the molecule is COc1ccc(-c2nnc(SCCCOc3ccc(F)cc3)n2N)cc1. The van der Waals surface area contributed by atoms with Crippen molar-refractivity contribution in [3.05, 3.63) is 54.3 Å². The third-order valence-electron chi connectivity index (χ3n) is 3.61. The van der Waals surface area contributed by atoms with Crippen LogP contribution in [0.5, 0.6) is 11.5 Å². The van der Waals surface area contributed by atoms with E-state index in [9.17, 15) is 4.39 Å². The molecule has 0 atom stereocenters. The van der Waals surface area contributed by atoms with E-state index in [1.54, 1.807) is 19.2 Å². The van der Waals surface area contributed by atoms with Crippen LogP contribution in [0.2, 0.25) is 0 Å². The minimum absolute atomic E-state index is 0.275. The first-order valence-corrected chi connectivity index (χ1v) is 9.02. The Morgan fingerprint density at radius 1 is 1.04 bits per heavy atom. The first kappa shape index (κ1) is 18.1. The second kappa shape index (κ2) is 8.57. The van der Waals surface area contributed by atoms with Gasteiger partial charge in [0.15, 0.2) is 5.82 Å². The lowest BCUT2D eigenvalue weighted by molar-refractivity contribution is 0.318. The largest absolute Gasteiger partial charge is 0.497 e. The topological polar surface area (TPSA) is 75.2 Å². The van der Waals surface area contributed by atoms with Crippen LogP contribution in [0.4, 0.5) is 4.39 Å². The Morgan fingerprint density at radius 2 is 1.73 bits per heavy atom. The van der Waals surface area contributed by atoms with Gasteiger partial charge in [-0.15, -0.1) is 10.2 Å². The molecular weight excluding hydrogens is 355 g/mol. The molecule has 3 aromatic rings. The van der Waals surface area contributed by atoms with Crippen LogP contribution < -0.4 is 15.3 Å². The van der Waals surface area contributed by atoms with Gasteiger partial charge in [0.25, 0.3) is 0 Å². The standard InChI is InChI=1S/C18H19FN4O2S/c1-24-15-7-3-13(4-8-15)17-21-22-18(23(17)20)26-12-2-11-25-16-9-5-14(19)6-10-16/h3-10H,2,11-12,20H2,1H3. The van der Waals surface area contributed by atoms with Crippen LogP contribution in [0.3, 0.4) is 0 Å². The van der Waals surface area contributed by atoms with Crippen LogP contribution in [-0.4, -0.2) is 34.3 Å². The van der Waals surface area contributed by atoms with Crippen LogP contribution in [0.1, 0.15) is 6.42 Å². The van der Waals surface area contributed by atoms with E-state index in [1.807, 2.05) is 24.3 Å². The Morgan fingerprint density at radius 3 is 2.42 bits per heavy atom. The number of ether oxygens (including phenoxy) is 2. The van der Waals surface area contributed by atoms with E-state index >= 15 is 0 Å². The molecule has 0 amide bonds. The Hall–Kier alpha value is -2.74. The molecule has 2 N–H and O–H groups in total. The van der Waals surface area contributed by atoms with Crippen molar-refractivity contribution in [1.29, 1.82) is 0 Å². The molecule has 0 aliphatic carbocycles. The zero-order valence-corrected chi connectivity index (χ0v) is 15.1. The first-order chi connectivity index (χ1) is 12.7. The summed E-state index contributed by atoms with van der Waals surface area (Å²) < 4.78 is 25.0. The van der Waals surface area contributed by atoms with Gasteiger partial charge < -0.3 is 15.3 Å². The number of nitrogens with zero attached hydrogens (tertiary/aromatic N) is 3. The highest BCUT2D eigenvalue weighted by atomic mass is 32.2. The summed E-state index contributed by atoms with van der Waals surface area (Å²) in [6.45, 7) is 0.530. The summed E-state index contributed by atoms with van der Waals surface area (Å²) in [7, 11) is 1.62. The Balaban J connectivity index is 1.49. The van der Waals surface area contributed by atoms with Crippen LogP contribution in [-0.2, 0) is 0 Å².